The summed E-state index contributed by atoms with van der Waals surface area (Å²) in [4.78, 5) is 25.2. The lowest BCUT2D eigenvalue weighted by Crippen LogP contribution is -2.44. The predicted octanol–water partition coefficient (Wildman–Crippen LogP) is 3.98. The monoisotopic (exact) mass is 410 g/mol. The SMILES string of the molecule is COc1ccccc1C(=O)N[C@@H](CCSC)C(=O)Nc1ccc(F)c(Cl)c1. The second-order valence-electron chi connectivity index (χ2n) is 5.63. The molecular weight excluding hydrogens is 391 g/mol. The highest BCUT2D eigenvalue weighted by Gasteiger charge is 2.23. The molecule has 2 N–H and O–H groups in total. The maximum absolute atomic E-state index is 13.3. The van der Waals surface area contributed by atoms with E-state index in [1.165, 1.54) is 25.3 Å². The van der Waals surface area contributed by atoms with Gasteiger partial charge in [-0.25, -0.2) is 4.39 Å². The summed E-state index contributed by atoms with van der Waals surface area (Å²) in [5.41, 5.74) is 0.693. The molecule has 5 nitrogen and oxygen atoms in total. The van der Waals surface area contributed by atoms with E-state index in [9.17, 15) is 14.0 Å². The Kier molecular flexibility index (Phi) is 7.94. The number of anilines is 1. The van der Waals surface area contributed by atoms with Gasteiger partial charge in [0, 0.05) is 5.69 Å². The third-order valence-electron chi connectivity index (χ3n) is 3.77. The number of methoxy groups -OCH3 is 1. The number of para-hydroxylation sites is 1. The Morgan fingerprint density at radius 3 is 2.67 bits per heavy atom. The Balaban J connectivity index is 2.14. The molecule has 2 aromatic rings. The number of benzene rings is 2. The maximum atomic E-state index is 13.3. The van der Waals surface area contributed by atoms with Crippen molar-refractivity contribution in [1.82, 2.24) is 5.32 Å². The number of thioether (sulfide) groups is 1. The van der Waals surface area contributed by atoms with Gasteiger partial charge in [0.2, 0.25) is 5.91 Å². The number of halogens is 2. The molecule has 2 amide bonds. The van der Waals surface area contributed by atoms with Gasteiger partial charge in [-0.2, -0.15) is 11.8 Å². The fraction of sp³-hybridized carbons (Fsp3) is 0.263. The molecule has 0 saturated carbocycles. The third kappa shape index (κ3) is 5.87. The summed E-state index contributed by atoms with van der Waals surface area (Å²) in [6, 6.07) is 9.90. The first-order valence-electron chi connectivity index (χ1n) is 8.15. The molecular formula is C19H20ClFN2O3S. The highest BCUT2D eigenvalue weighted by Crippen LogP contribution is 2.20. The van der Waals surface area contributed by atoms with Crippen LogP contribution in [0.5, 0.6) is 5.75 Å². The molecule has 0 heterocycles. The minimum Gasteiger partial charge on any atom is -0.496 e. The van der Waals surface area contributed by atoms with Crippen LogP contribution in [-0.2, 0) is 4.79 Å². The van der Waals surface area contributed by atoms with E-state index in [0.29, 0.717) is 29.2 Å². The summed E-state index contributed by atoms with van der Waals surface area (Å²) in [5.74, 6) is -0.294. The Morgan fingerprint density at radius 2 is 2.00 bits per heavy atom. The average Bonchev–Trinajstić information content (AvgIpc) is 2.67. The van der Waals surface area contributed by atoms with Gasteiger partial charge in [-0.05, 0) is 48.8 Å². The van der Waals surface area contributed by atoms with Gasteiger partial charge in [-0.3, -0.25) is 9.59 Å². The summed E-state index contributed by atoms with van der Waals surface area (Å²) in [6.45, 7) is 0. The quantitative estimate of drug-likeness (QED) is 0.690. The molecule has 0 spiro atoms. The van der Waals surface area contributed by atoms with Crippen LogP contribution < -0.4 is 15.4 Å². The fourth-order valence-electron chi connectivity index (χ4n) is 2.38. The van der Waals surface area contributed by atoms with Crippen molar-refractivity contribution in [1.29, 1.82) is 0 Å². The van der Waals surface area contributed by atoms with Crippen LogP contribution in [0, 0.1) is 5.82 Å². The second-order valence-corrected chi connectivity index (χ2v) is 7.02. The summed E-state index contributed by atoms with van der Waals surface area (Å²) in [5, 5.41) is 5.31. The van der Waals surface area contributed by atoms with Gasteiger partial charge in [0.15, 0.2) is 0 Å². The van der Waals surface area contributed by atoms with Gasteiger partial charge < -0.3 is 15.4 Å². The molecule has 0 aromatic heterocycles. The summed E-state index contributed by atoms with van der Waals surface area (Å²) in [7, 11) is 1.47. The van der Waals surface area contributed by atoms with Crippen molar-refractivity contribution >= 4 is 40.9 Å². The van der Waals surface area contributed by atoms with Gasteiger partial charge in [-0.15, -0.1) is 0 Å². The van der Waals surface area contributed by atoms with Crippen molar-refractivity contribution < 1.29 is 18.7 Å². The van der Waals surface area contributed by atoms with E-state index < -0.39 is 23.7 Å². The zero-order valence-electron chi connectivity index (χ0n) is 14.9. The van der Waals surface area contributed by atoms with Gasteiger partial charge in [0.05, 0.1) is 17.7 Å². The largest absolute Gasteiger partial charge is 0.496 e. The molecule has 0 unspecified atom stereocenters. The number of rotatable bonds is 8. The van der Waals surface area contributed by atoms with Crippen LogP contribution in [0.3, 0.4) is 0 Å². The van der Waals surface area contributed by atoms with Crippen LogP contribution in [0.2, 0.25) is 5.02 Å². The molecule has 2 aromatic carbocycles. The molecule has 0 bridgehead atoms. The molecule has 0 aliphatic heterocycles. The molecule has 0 aliphatic rings. The van der Waals surface area contributed by atoms with Gasteiger partial charge in [0.25, 0.3) is 5.91 Å². The zero-order valence-corrected chi connectivity index (χ0v) is 16.5. The van der Waals surface area contributed by atoms with Gasteiger partial charge in [0.1, 0.15) is 17.6 Å². The highest BCUT2D eigenvalue weighted by atomic mass is 35.5. The molecule has 2 rings (SSSR count). The van der Waals surface area contributed by atoms with Crippen molar-refractivity contribution in [2.75, 3.05) is 24.4 Å². The number of carbonyl (C=O) groups is 2. The smallest absolute Gasteiger partial charge is 0.255 e. The summed E-state index contributed by atoms with van der Waals surface area (Å²) < 4.78 is 18.5. The van der Waals surface area contributed by atoms with E-state index in [-0.39, 0.29) is 5.02 Å². The van der Waals surface area contributed by atoms with Gasteiger partial charge in [-0.1, -0.05) is 23.7 Å². The minimum atomic E-state index is -0.765. The molecule has 1 atom stereocenters. The standard InChI is InChI=1S/C19H20ClFN2O3S/c1-26-17-6-4-3-5-13(17)18(24)23-16(9-10-27-2)19(25)22-12-7-8-15(21)14(20)11-12/h3-8,11,16H,9-10H2,1-2H3,(H,22,25)(H,23,24)/t16-/m0/s1. The highest BCUT2D eigenvalue weighted by molar-refractivity contribution is 7.98. The summed E-state index contributed by atoms with van der Waals surface area (Å²) in [6.07, 6.45) is 2.35. The topological polar surface area (TPSA) is 67.4 Å². The molecule has 0 fully saturated rings. The van der Waals surface area contributed by atoms with E-state index in [1.54, 1.807) is 36.0 Å². The number of nitrogens with one attached hydrogen (secondary N) is 2. The average molecular weight is 411 g/mol. The first-order chi connectivity index (χ1) is 13.0. The number of hydrogen-bond donors (Lipinski definition) is 2. The van der Waals surface area contributed by atoms with E-state index in [1.807, 2.05) is 6.26 Å². The number of carbonyl (C=O) groups excluding carboxylic acids is 2. The number of ether oxygens (including phenoxy) is 1. The van der Waals surface area contributed by atoms with Crippen LogP contribution in [0.4, 0.5) is 10.1 Å². The first kappa shape index (κ1) is 21.1. The van der Waals surface area contributed by atoms with E-state index in [0.717, 1.165) is 0 Å². The van der Waals surface area contributed by atoms with Crippen LogP contribution in [0.15, 0.2) is 42.5 Å². The molecule has 0 radical (unpaired) electrons. The van der Waals surface area contributed by atoms with Crippen molar-refractivity contribution in [2.24, 2.45) is 0 Å². The number of amides is 2. The molecule has 0 saturated heterocycles. The Bertz CT molecular complexity index is 819. The minimum absolute atomic E-state index is 0.0912. The van der Waals surface area contributed by atoms with E-state index >= 15 is 0 Å². The number of hydrogen-bond acceptors (Lipinski definition) is 4. The lowest BCUT2D eigenvalue weighted by Gasteiger charge is -2.19. The summed E-state index contributed by atoms with van der Waals surface area (Å²) >= 11 is 7.31. The molecule has 27 heavy (non-hydrogen) atoms. The Morgan fingerprint density at radius 1 is 1.26 bits per heavy atom. The Hall–Kier alpha value is -2.25. The molecule has 0 aliphatic carbocycles. The zero-order chi connectivity index (χ0) is 19.8. The van der Waals surface area contributed by atoms with Crippen molar-refractivity contribution in [3.8, 4) is 5.75 Å². The lowest BCUT2D eigenvalue weighted by atomic mass is 10.1. The van der Waals surface area contributed by atoms with E-state index in [2.05, 4.69) is 10.6 Å². The van der Waals surface area contributed by atoms with E-state index in [4.69, 9.17) is 16.3 Å². The molecule has 8 heteroatoms. The second kappa shape index (κ2) is 10.2. The lowest BCUT2D eigenvalue weighted by molar-refractivity contribution is -0.118. The fourth-order valence-corrected chi connectivity index (χ4v) is 3.03. The maximum Gasteiger partial charge on any atom is 0.255 e. The van der Waals surface area contributed by atoms with Crippen molar-refractivity contribution in [3.63, 3.8) is 0 Å². The predicted molar refractivity (Wildman–Crippen MR) is 107 cm³/mol. The van der Waals surface area contributed by atoms with Crippen LogP contribution in [0.25, 0.3) is 0 Å². The Labute approximate surface area is 166 Å². The van der Waals surface area contributed by atoms with Crippen LogP contribution in [0.1, 0.15) is 16.8 Å². The van der Waals surface area contributed by atoms with Crippen LogP contribution >= 0.6 is 23.4 Å². The van der Waals surface area contributed by atoms with Crippen molar-refractivity contribution in [2.45, 2.75) is 12.5 Å². The third-order valence-corrected chi connectivity index (χ3v) is 4.70. The molecule has 144 valence electrons. The van der Waals surface area contributed by atoms with Crippen molar-refractivity contribution in [3.05, 3.63) is 58.9 Å². The first-order valence-corrected chi connectivity index (χ1v) is 9.92. The normalized spacial score (nSPS) is 11.6. The van der Waals surface area contributed by atoms with Crippen LogP contribution in [-0.4, -0.2) is 37.0 Å². The van der Waals surface area contributed by atoms with Gasteiger partial charge >= 0.3 is 0 Å².